The standard InChI is InChI=1S/C21H15F3N4O4S/c1-11(18-25-17(28-32-18)12-5-4-6-13(9-12)21(22,23)24)33-20-27-26-19(31-20)16-10-29-14-7-2-3-8-15(14)30-16/h2-9,11,16H,10H2,1H3. The van der Waals surface area contributed by atoms with Gasteiger partial charge in [0.05, 0.1) is 10.8 Å². The van der Waals surface area contributed by atoms with E-state index in [4.69, 9.17) is 18.4 Å². The number of para-hydroxylation sites is 2. The molecule has 0 N–H and O–H groups in total. The molecule has 1 aliphatic rings. The number of thioether (sulfide) groups is 1. The summed E-state index contributed by atoms with van der Waals surface area (Å²) in [5, 5.41) is 11.7. The Balaban J connectivity index is 1.27. The van der Waals surface area contributed by atoms with Crippen molar-refractivity contribution >= 4 is 11.8 Å². The SMILES string of the molecule is CC(Sc1nnc(C2COc3ccccc3O2)o1)c1nc(-c2cccc(C(F)(F)F)c2)no1. The van der Waals surface area contributed by atoms with Crippen LogP contribution in [0, 0.1) is 0 Å². The monoisotopic (exact) mass is 476 g/mol. The van der Waals surface area contributed by atoms with E-state index < -0.39 is 23.1 Å². The predicted octanol–water partition coefficient (Wildman–Crippen LogP) is 5.50. The summed E-state index contributed by atoms with van der Waals surface area (Å²) in [7, 11) is 0. The summed E-state index contributed by atoms with van der Waals surface area (Å²) in [4.78, 5) is 4.22. The summed E-state index contributed by atoms with van der Waals surface area (Å²) in [6.45, 7) is 2.00. The van der Waals surface area contributed by atoms with E-state index in [1.54, 1.807) is 19.1 Å². The molecule has 0 aliphatic carbocycles. The highest BCUT2D eigenvalue weighted by Gasteiger charge is 2.31. The van der Waals surface area contributed by atoms with Crippen LogP contribution in [0.4, 0.5) is 13.2 Å². The van der Waals surface area contributed by atoms with Gasteiger partial charge in [0.25, 0.3) is 11.1 Å². The van der Waals surface area contributed by atoms with Gasteiger partial charge in [-0.15, -0.1) is 10.2 Å². The van der Waals surface area contributed by atoms with E-state index >= 15 is 0 Å². The zero-order valence-corrected chi connectivity index (χ0v) is 17.8. The van der Waals surface area contributed by atoms with Crippen molar-refractivity contribution in [2.24, 2.45) is 0 Å². The fourth-order valence-corrected chi connectivity index (χ4v) is 3.81. The number of fused-ring (bicyclic) bond motifs is 1. The lowest BCUT2D eigenvalue weighted by Crippen LogP contribution is -2.21. The molecule has 0 amide bonds. The van der Waals surface area contributed by atoms with Crippen LogP contribution in [0.1, 0.15) is 35.6 Å². The number of rotatable bonds is 5. The van der Waals surface area contributed by atoms with Crippen molar-refractivity contribution in [2.45, 2.75) is 29.7 Å². The molecule has 0 radical (unpaired) electrons. The van der Waals surface area contributed by atoms with Gasteiger partial charge in [-0.3, -0.25) is 0 Å². The van der Waals surface area contributed by atoms with Crippen LogP contribution in [-0.2, 0) is 6.18 Å². The van der Waals surface area contributed by atoms with Crippen molar-refractivity contribution in [3.8, 4) is 22.9 Å². The molecule has 8 nitrogen and oxygen atoms in total. The first-order valence-corrected chi connectivity index (χ1v) is 10.6. The molecule has 0 saturated carbocycles. The molecule has 4 aromatic rings. The second-order valence-corrected chi connectivity index (χ2v) is 8.36. The maximum Gasteiger partial charge on any atom is 0.416 e. The number of ether oxygens (including phenoxy) is 2. The summed E-state index contributed by atoms with van der Waals surface area (Å²) < 4.78 is 61.3. The number of benzene rings is 2. The predicted molar refractivity (Wildman–Crippen MR) is 109 cm³/mol. The lowest BCUT2D eigenvalue weighted by atomic mass is 10.1. The van der Waals surface area contributed by atoms with E-state index in [0.29, 0.717) is 11.5 Å². The van der Waals surface area contributed by atoms with Crippen LogP contribution in [0.15, 0.2) is 62.7 Å². The molecule has 2 aromatic heterocycles. The van der Waals surface area contributed by atoms with E-state index in [1.165, 1.54) is 23.9 Å². The largest absolute Gasteiger partial charge is 0.485 e. The van der Waals surface area contributed by atoms with Gasteiger partial charge >= 0.3 is 6.18 Å². The Kier molecular flexibility index (Phi) is 5.44. The van der Waals surface area contributed by atoms with E-state index in [0.717, 1.165) is 12.1 Å². The molecule has 1 aliphatic heterocycles. The zero-order valence-electron chi connectivity index (χ0n) is 16.9. The van der Waals surface area contributed by atoms with Gasteiger partial charge in [-0.05, 0) is 31.2 Å². The topological polar surface area (TPSA) is 96.3 Å². The quantitative estimate of drug-likeness (QED) is 0.346. The van der Waals surface area contributed by atoms with Crippen molar-refractivity contribution in [3.63, 3.8) is 0 Å². The number of halogens is 3. The van der Waals surface area contributed by atoms with E-state index in [1.807, 2.05) is 12.1 Å². The molecule has 2 unspecified atom stereocenters. The minimum Gasteiger partial charge on any atom is -0.485 e. The average molecular weight is 476 g/mol. The number of hydrogen-bond acceptors (Lipinski definition) is 9. The van der Waals surface area contributed by atoms with Crippen molar-refractivity contribution in [1.29, 1.82) is 0 Å². The summed E-state index contributed by atoms with van der Waals surface area (Å²) >= 11 is 1.17. The van der Waals surface area contributed by atoms with E-state index in [-0.39, 0.29) is 35.0 Å². The molecule has 170 valence electrons. The maximum atomic E-state index is 13.0. The Morgan fingerprint density at radius 3 is 2.70 bits per heavy atom. The smallest absolute Gasteiger partial charge is 0.416 e. The third-order valence-corrected chi connectivity index (χ3v) is 5.64. The van der Waals surface area contributed by atoms with Crippen molar-refractivity contribution in [2.75, 3.05) is 6.61 Å². The molecular formula is C21H15F3N4O4S. The number of alkyl halides is 3. The van der Waals surface area contributed by atoms with Gasteiger partial charge in [-0.1, -0.05) is 41.2 Å². The fraction of sp³-hybridized carbons (Fsp3) is 0.238. The highest BCUT2D eigenvalue weighted by Crippen LogP contribution is 2.38. The molecule has 2 atom stereocenters. The summed E-state index contributed by atoms with van der Waals surface area (Å²) in [6, 6.07) is 12.0. The fourth-order valence-electron chi connectivity index (χ4n) is 3.09. The molecule has 33 heavy (non-hydrogen) atoms. The van der Waals surface area contributed by atoms with Crippen LogP contribution in [0.25, 0.3) is 11.4 Å². The summed E-state index contributed by atoms with van der Waals surface area (Å²) in [5.41, 5.74) is -0.587. The summed E-state index contributed by atoms with van der Waals surface area (Å²) in [5.74, 6) is 1.75. The van der Waals surface area contributed by atoms with Crippen LogP contribution in [0.3, 0.4) is 0 Å². The molecule has 2 aromatic carbocycles. The maximum absolute atomic E-state index is 13.0. The molecule has 12 heteroatoms. The van der Waals surface area contributed by atoms with Gasteiger partial charge in [-0.2, -0.15) is 18.2 Å². The van der Waals surface area contributed by atoms with Gasteiger partial charge in [0.1, 0.15) is 6.61 Å². The van der Waals surface area contributed by atoms with Crippen LogP contribution in [0.5, 0.6) is 11.5 Å². The number of aromatic nitrogens is 4. The highest BCUT2D eigenvalue weighted by molar-refractivity contribution is 7.99. The van der Waals surface area contributed by atoms with E-state index in [2.05, 4.69) is 20.3 Å². The van der Waals surface area contributed by atoms with Crippen LogP contribution in [-0.4, -0.2) is 26.9 Å². The molecule has 3 heterocycles. The molecule has 5 rings (SSSR count). The Hall–Kier alpha value is -3.54. The molecule has 0 spiro atoms. The van der Waals surface area contributed by atoms with Gasteiger partial charge in [-0.25, -0.2) is 0 Å². The lowest BCUT2D eigenvalue weighted by molar-refractivity contribution is -0.137. The first-order valence-electron chi connectivity index (χ1n) is 9.76. The van der Waals surface area contributed by atoms with Crippen molar-refractivity contribution in [1.82, 2.24) is 20.3 Å². The Bertz CT molecular complexity index is 1280. The van der Waals surface area contributed by atoms with Gasteiger partial charge in [0, 0.05) is 5.56 Å². The molecule has 0 saturated heterocycles. The number of nitrogens with zero attached hydrogens (tertiary/aromatic N) is 4. The average Bonchev–Trinajstić information content (AvgIpc) is 3.48. The van der Waals surface area contributed by atoms with Crippen LogP contribution in [0.2, 0.25) is 0 Å². The van der Waals surface area contributed by atoms with Crippen LogP contribution < -0.4 is 9.47 Å². The van der Waals surface area contributed by atoms with Gasteiger partial charge in [0.2, 0.25) is 17.8 Å². The third kappa shape index (κ3) is 4.51. The summed E-state index contributed by atoms with van der Waals surface area (Å²) in [6.07, 6.45) is -5.01. The minimum absolute atomic E-state index is 0.0567. The molecular weight excluding hydrogens is 461 g/mol. The molecule has 0 fully saturated rings. The first-order chi connectivity index (χ1) is 15.9. The highest BCUT2D eigenvalue weighted by atomic mass is 32.2. The second-order valence-electron chi connectivity index (χ2n) is 7.07. The van der Waals surface area contributed by atoms with Crippen LogP contribution >= 0.6 is 11.8 Å². The van der Waals surface area contributed by atoms with Crippen molar-refractivity contribution in [3.05, 3.63) is 65.9 Å². The number of hydrogen-bond donors (Lipinski definition) is 0. The Labute approximate surface area is 189 Å². The second kappa shape index (κ2) is 8.43. The Morgan fingerprint density at radius 1 is 1.06 bits per heavy atom. The lowest BCUT2D eigenvalue weighted by Gasteiger charge is -2.23. The van der Waals surface area contributed by atoms with Crippen molar-refractivity contribution < 1.29 is 31.6 Å². The van der Waals surface area contributed by atoms with E-state index in [9.17, 15) is 13.2 Å². The zero-order chi connectivity index (χ0) is 23.0. The normalized spacial score (nSPS) is 16.5. The van der Waals surface area contributed by atoms with Gasteiger partial charge in [0.15, 0.2) is 11.5 Å². The first kappa shape index (κ1) is 21.3. The Morgan fingerprint density at radius 2 is 1.88 bits per heavy atom. The van der Waals surface area contributed by atoms with Gasteiger partial charge < -0.3 is 18.4 Å². The molecule has 0 bridgehead atoms. The third-order valence-electron chi connectivity index (χ3n) is 4.72. The minimum atomic E-state index is -4.46.